The van der Waals surface area contributed by atoms with Crippen molar-refractivity contribution >= 4 is 11.8 Å². The first-order chi connectivity index (χ1) is 9.88. The first-order valence-electron chi connectivity index (χ1n) is 8.09. The zero-order valence-electron chi connectivity index (χ0n) is 13.8. The molecule has 2 amide bonds. The Balaban J connectivity index is 2.44. The fourth-order valence-electron chi connectivity index (χ4n) is 2.89. The Labute approximate surface area is 128 Å². The van der Waals surface area contributed by atoms with Crippen LogP contribution in [0.25, 0.3) is 0 Å². The number of nitrogens with zero attached hydrogens (tertiary/aromatic N) is 1. The summed E-state index contributed by atoms with van der Waals surface area (Å²) in [6, 6.07) is 0. The van der Waals surface area contributed by atoms with Crippen molar-refractivity contribution in [2.24, 2.45) is 17.1 Å². The molecule has 3 N–H and O–H groups in total. The highest BCUT2D eigenvalue weighted by molar-refractivity contribution is 5.84. The average Bonchev–Trinajstić information content (AvgIpc) is 2.46. The molecule has 122 valence electrons. The van der Waals surface area contributed by atoms with Crippen LogP contribution in [0.4, 0.5) is 0 Å². The predicted molar refractivity (Wildman–Crippen MR) is 84.7 cm³/mol. The second-order valence-electron chi connectivity index (χ2n) is 6.89. The fraction of sp³-hybridized carbons (Fsp3) is 0.875. The van der Waals surface area contributed by atoms with Crippen LogP contribution >= 0.6 is 0 Å². The lowest BCUT2D eigenvalue weighted by atomic mass is 9.71. The largest absolute Gasteiger partial charge is 0.354 e. The maximum Gasteiger partial charge on any atom is 0.239 e. The van der Waals surface area contributed by atoms with Gasteiger partial charge >= 0.3 is 0 Å². The van der Waals surface area contributed by atoms with Gasteiger partial charge in [0.1, 0.15) is 0 Å². The molecule has 1 saturated carbocycles. The molecule has 1 fully saturated rings. The zero-order valence-corrected chi connectivity index (χ0v) is 13.8. The summed E-state index contributed by atoms with van der Waals surface area (Å²) in [5.41, 5.74) is 5.88. The Bertz CT molecular complexity index is 349. The molecule has 5 heteroatoms. The van der Waals surface area contributed by atoms with E-state index in [0.717, 1.165) is 25.7 Å². The first kappa shape index (κ1) is 18.0. The van der Waals surface area contributed by atoms with Crippen LogP contribution in [0.15, 0.2) is 0 Å². The van der Waals surface area contributed by atoms with E-state index in [9.17, 15) is 9.59 Å². The van der Waals surface area contributed by atoms with Crippen molar-refractivity contribution in [3.63, 3.8) is 0 Å². The van der Waals surface area contributed by atoms with Crippen LogP contribution in [0.3, 0.4) is 0 Å². The number of nitrogens with two attached hydrogens (primary N) is 1. The monoisotopic (exact) mass is 297 g/mol. The molecule has 0 aromatic heterocycles. The van der Waals surface area contributed by atoms with Gasteiger partial charge in [-0.05, 0) is 30.7 Å². The summed E-state index contributed by atoms with van der Waals surface area (Å²) >= 11 is 0. The van der Waals surface area contributed by atoms with Gasteiger partial charge < -0.3 is 16.0 Å². The molecule has 21 heavy (non-hydrogen) atoms. The topological polar surface area (TPSA) is 75.4 Å². The number of hydrogen-bond donors (Lipinski definition) is 2. The van der Waals surface area contributed by atoms with Gasteiger partial charge in [0.25, 0.3) is 0 Å². The third kappa shape index (κ3) is 6.04. The van der Waals surface area contributed by atoms with E-state index in [1.165, 1.54) is 11.3 Å². The molecule has 1 rings (SSSR count). The molecule has 0 atom stereocenters. The van der Waals surface area contributed by atoms with Gasteiger partial charge in [-0.15, -0.1) is 0 Å². The Morgan fingerprint density at radius 3 is 2.38 bits per heavy atom. The van der Waals surface area contributed by atoms with E-state index in [0.29, 0.717) is 25.4 Å². The first-order valence-corrected chi connectivity index (χ1v) is 8.09. The summed E-state index contributed by atoms with van der Waals surface area (Å²) in [5, 5.41) is 2.84. The van der Waals surface area contributed by atoms with E-state index < -0.39 is 0 Å². The molecule has 0 radical (unpaired) electrons. The lowest BCUT2D eigenvalue weighted by Gasteiger charge is -2.36. The standard InChI is InChI=1S/C16H31N3O2/c1-13(2)10-18-14(20)11-19(3)15(21)9-16(12-17)7-5-4-6-8-16/h13H,4-12,17H2,1-3H3,(H,18,20). The van der Waals surface area contributed by atoms with Crippen LogP contribution in [-0.4, -0.2) is 43.4 Å². The molecule has 0 bridgehead atoms. The number of rotatable bonds is 7. The molecule has 0 aromatic rings. The van der Waals surface area contributed by atoms with Crippen LogP contribution in [0.2, 0.25) is 0 Å². The molecule has 0 aliphatic heterocycles. The quantitative estimate of drug-likeness (QED) is 0.748. The van der Waals surface area contributed by atoms with E-state index in [4.69, 9.17) is 5.73 Å². The van der Waals surface area contributed by atoms with Crippen molar-refractivity contribution in [2.45, 2.75) is 52.4 Å². The lowest BCUT2D eigenvalue weighted by Crippen LogP contribution is -2.43. The molecule has 0 saturated heterocycles. The molecule has 1 aliphatic rings. The van der Waals surface area contributed by atoms with Gasteiger partial charge in [-0.1, -0.05) is 33.1 Å². The van der Waals surface area contributed by atoms with E-state index in [2.05, 4.69) is 5.32 Å². The van der Waals surface area contributed by atoms with Gasteiger partial charge in [-0.25, -0.2) is 0 Å². The Morgan fingerprint density at radius 1 is 1.24 bits per heavy atom. The lowest BCUT2D eigenvalue weighted by molar-refractivity contribution is -0.137. The third-order valence-electron chi connectivity index (χ3n) is 4.39. The third-order valence-corrected chi connectivity index (χ3v) is 4.39. The minimum absolute atomic E-state index is 0.0297. The highest BCUT2D eigenvalue weighted by atomic mass is 16.2. The number of carbonyl (C=O) groups excluding carboxylic acids is 2. The summed E-state index contributed by atoms with van der Waals surface area (Å²) in [6.07, 6.45) is 6.08. The smallest absolute Gasteiger partial charge is 0.239 e. The Hall–Kier alpha value is -1.10. The van der Waals surface area contributed by atoms with Gasteiger partial charge in [0.2, 0.25) is 11.8 Å². The van der Waals surface area contributed by atoms with Crippen molar-refractivity contribution in [1.82, 2.24) is 10.2 Å². The Kier molecular flexibility index (Phi) is 7.15. The summed E-state index contributed by atoms with van der Waals surface area (Å²) in [5.74, 6) is 0.352. The van der Waals surface area contributed by atoms with Crippen LogP contribution in [-0.2, 0) is 9.59 Å². The number of amides is 2. The second kappa shape index (κ2) is 8.37. The van der Waals surface area contributed by atoms with Gasteiger partial charge in [-0.3, -0.25) is 9.59 Å². The number of carbonyl (C=O) groups is 2. The highest BCUT2D eigenvalue weighted by Crippen LogP contribution is 2.38. The van der Waals surface area contributed by atoms with Crippen LogP contribution in [0.1, 0.15) is 52.4 Å². The van der Waals surface area contributed by atoms with Crippen molar-refractivity contribution in [2.75, 3.05) is 26.7 Å². The highest BCUT2D eigenvalue weighted by Gasteiger charge is 2.34. The molecular weight excluding hydrogens is 266 g/mol. The molecule has 1 aliphatic carbocycles. The fourth-order valence-corrected chi connectivity index (χ4v) is 2.89. The summed E-state index contributed by atoms with van der Waals surface area (Å²) in [6.45, 7) is 5.43. The summed E-state index contributed by atoms with van der Waals surface area (Å²) in [7, 11) is 1.70. The van der Waals surface area contributed by atoms with Crippen molar-refractivity contribution in [3.8, 4) is 0 Å². The second-order valence-corrected chi connectivity index (χ2v) is 6.89. The number of likely N-dealkylation sites (N-methyl/N-ethyl adjacent to an activating group) is 1. The zero-order chi connectivity index (χ0) is 15.9. The van der Waals surface area contributed by atoms with E-state index in [1.54, 1.807) is 7.05 Å². The Morgan fingerprint density at radius 2 is 1.86 bits per heavy atom. The van der Waals surface area contributed by atoms with Gasteiger partial charge in [0.15, 0.2) is 0 Å². The molecule has 0 heterocycles. The van der Waals surface area contributed by atoms with Crippen LogP contribution in [0, 0.1) is 11.3 Å². The predicted octanol–water partition coefficient (Wildman–Crippen LogP) is 1.52. The SMILES string of the molecule is CC(C)CNC(=O)CN(C)C(=O)CC1(CN)CCCCC1. The maximum atomic E-state index is 12.3. The van der Waals surface area contributed by atoms with Crippen LogP contribution in [0.5, 0.6) is 0 Å². The molecule has 0 aromatic carbocycles. The molecule has 0 spiro atoms. The number of nitrogens with one attached hydrogen (secondary N) is 1. The summed E-state index contributed by atoms with van der Waals surface area (Å²) < 4.78 is 0. The summed E-state index contributed by atoms with van der Waals surface area (Å²) in [4.78, 5) is 25.6. The van der Waals surface area contributed by atoms with E-state index in [-0.39, 0.29) is 23.8 Å². The van der Waals surface area contributed by atoms with Crippen molar-refractivity contribution in [3.05, 3.63) is 0 Å². The van der Waals surface area contributed by atoms with Crippen LogP contribution < -0.4 is 11.1 Å². The minimum atomic E-state index is -0.0926. The van der Waals surface area contributed by atoms with E-state index >= 15 is 0 Å². The minimum Gasteiger partial charge on any atom is -0.354 e. The number of hydrogen-bond acceptors (Lipinski definition) is 3. The molecule has 5 nitrogen and oxygen atoms in total. The van der Waals surface area contributed by atoms with Crippen molar-refractivity contribution < 1.29 is 9.59 Å². The maximum absolute atomic E-state index is 12.3. The van der Waals surface area contributed by atoms with Gasteiger partial charge in [-0.2, -0.15) is 0 Å². The van der Waals surface area contributed by atoms with E-state index in [1.807, 2.05) is 13.8 Å². The molecular formula is C16H31N3O2. The van der Waals surface area contributed by atoms with Gasteiger partial charge in [0, 0.05) is 20.0 Å². The normalized spacial score (nSPS) is 17.6. The average molecular weight is 297 g/mol. The van der Waals surface area contributed by atoms with Crippen molar-refractivity contribution in [1.29, 1.82) is 0 Å². The molecule has 0 unspecified atom stereocenters. The van der Waals surface area contributed by atoms with Gasteiger partial charge in [0.05, 0.1) is 6.54 Å².